The zero-order valence-electron chi connectivity index (χ0n) is 10.9. The van der Waals surface area contributed by atoms with E-state index in [0.717, 1.165) is 11.1 Å². The Balaban J connectivity index is 1.96. The van der Waals surface area contributed by atoms with Crippen LogP contribution in [-0.2, 0) is 9.59 Å². The maximum atomic E-state index is 11.9. The summed E-state index contributed by atoms with van der Waals surface area (Å²) < 4.78 is 0. The molecule has 1 atom stereocenters. The normalized spacial score (nSPS) is 19.0. The highest BCUT2D eigenvalue weighted by atomic mass is 16.4. The molecule has 0 aromatic heterocycles. The summed E-state index contributed by atoms with van der Waals surface area (Å²) in [6, 6.07) is 7.86. The summed E-state index contributed by atoms with van der Waals surface area (Å²) in [4.78, 5) is 24.3. The molecule has 1 amide bonds. The van der Waals surface area contributed by atoms with E-state index in [4.69, 9.17) is 5.11 Å². The van der Waals surface area contributed by atoms with Crippen molar-refractivity contribution < 1.29 is 14.7 Å². The third-order valence-electron chi connectivity index (χ3n) is 3.31. The SMILES string of the molecule is Cc1cccc(C=CC(=O)N2CCC(C(=O)O)C2)c1. The summed E-state index contributed by atoms with van der Waals surface area (Å²) in [5.74, 6) is -1.36. The first kappa shape index (κ1) is 13.3. The van der Waals surface area contributed by atoms with Crippen molar-refractivity contribution in [2.45, 2.75) is 13.3 Å². The minimum Gasteiger partial charge on any atom is -0.481 e. The van der Waals surface area contributed by atoms with E-state index in [2.05, 4.69) is 0 Å². The number of carboxylic acids is 1. The van der Waals surface area contributed by atoms with Gasteiger partial charge in [-0.25, -0.2) is 0 Å². The summed E-state index contributed by atoms with van der Waals surface area (Å²) in [5, 5.41) is 8.90. The first-order valence-electron chi connectivity index (χ1n) is 6.33. The molecule has 1 fully saturated rings. The van der Waals surface area contributed by atoms with Gasteiger partial charge >= 0.3 is 5.97 Å². The Kier molecular flexibility index (Phi) is 4.00. The zero-order valence-corrected chi connectivity index (χ0v) is 10.9. The number of hydrogen-bond acceptors (Lipinski definition) is 2. The largest absolute Gasteiger partial charge is 0.481 e. The van der Waals surface area contributed by atoms with Gasteiger partial charge in [-0.15, -0.1) is 0 Å². The van der Waals surface area contributed by atoms with Crippen LogP contribution in [0.1, 0.15) is 17.5 Å². The third kappa shape index (κ3) is 3.44. The number of benzene rings is 1. The summed E-state index contributed by atoms with van der Waals surface area (Å²) in [5.41, 5.74) is 2.11. The molecule has 4 heteroatoms. The Hall–Kier alpha value is -2.10. The van der Waals surface area contributed by atoms with E-state index in [0.29, 0.717) is 19.5 Å². The summed E-state index contributed by atoms with van der Waals surface area (Å²) in [6.45, 7) is 2.83. The van der Waals surface area contributed by atoms with Gasteiger partial charge in [0.1, 0.15) is 0 Å². The van der Waals surface area contributed by atoms with Crippen molar-refractivity contribution in [2.24, 2.45) is 5.92 Å². The number of nitrogens with zero attached hydrogens (tertiary/aromatic N) is 1. The average molecular weight is 259 g/mol. The van der Waals surface area contributed by atoms with Gasteiger partial charge in [0.05, 0.1) is 5.92 Å². The van der Waals surface area contributed by atoms with Crippen molar-refractivity contribution in [1.29, 1.82) is 0 Å². The molecular weight excluding hydrogens is 242 g/mol. The number of likely N-dealkylation sites (tertiary alicyclic amines) is 1. The smallest absolute Gasteiger partial charge is 0.308 e. The number of amides is 1. The van der Waals surface area contributed by atoms with E-state index in [1.807, 2.05) is 31.2 Å². The Morgan fingerprint density at radius 3 is 2.84 bits per heavy atom. The van der Waals surface area contributed by atoms with Gasteiger partial charge in [-0.2, -0.15) is 0 Å². The molecule has 1 aromatic carbocycles. The quantitative estimate of drug-likeness (QED) is 0.844. The molecule has 1 aromatic rings. The molecule has 0 aliphatic carbocycles. The number of aliphatic carboxylic acids is 1. The van der Waals surface area contributed by atoms with Crippen LogP contribution in [0.3, 0.4) is 0 Å². The predicted octanol–water partition coefficient (Wildman–Crippen LogP) is 1.94. The number of rotatable bonds is 3. The van der Waals surface area contributed by atoms with Crippen LogP contribution >= 0.6 is 0 Å². The lowest BCUT2D eigenvalue weighted by atomic mass is 10.1. The number of hydrogen-bond donors (Lipinski definition) is 1. The third-order valence-corrected chi connectivity index (χ3v) is 3.31. The number of carbonyl (C=O) groups excluding carboxylic acids is 1. The van der Waals surface area contributed by atoms with Crippen molar-refractivity contribution >= 4 is 18.0 Å². The summed E-state index contributed by atoms with van der Waals surface area (Å²) >= 11 is 0. The molecule has 1 aliphatic rings. The van der Waals surface area contributed by atoms with Gasteiger partial charge < -0.3 is 10.0 Å². The van der Waals surface area contributed by atoms with Crippen molar-refractivity contribution in [1.82, 2.24) is 4.90 Å². The highest BCUT2D eigenvalue weighted by molar-refractivity contribution is 5.92. The molecule has 0 radical (unpaired) electrons. The molecular formula is C15H17NO3. The van der Waals surface area contributed by atoms with E-state index in [-0.39, 0.29) is 5.91 Å². The molecule has 1 heterocycles. The fourth-order valence-corrected chi connectivity index (χ4v) is 2.21. The topological polar surface area (TPSA) is 57.6 Å². The molecule has 1 saturated heterocycles. The lowest BCUT2D eigenvalue weighted by Gasteiger charge is -2.12. The fraction of sp³-hybridized carbons (Fsp3) is 0.333. The Morgan fingerprint density at radius 2 is 2.21 bits per heavy atom. The van der Waals surface area contributed by atoms with Crippen molar-refractivity contribution in [3.05, 3.63) is 41.5 Å². The first-order chi connectivity index (χ1) is 9.06. The van der Waals surface area contributed by atoms with E-state index in [9.17, 15) is 9.59 Å². The predicted molar refractivity (Wildman–Crippen MR) is 72.5 cm³/mol. The van der Waals surface area contributed by atoms with Crippen LogP contribution in [0.5, 0.6) is 0 Å². The molecule has 1 N–H and O–H groups in total. The molecule has 0 spiro atoms. The van der Waals surface area contributed by atoms with E-state index >= 15 is 0 Å². The summed E-state index contributed by atoms with van der Waals surface area (Å²) in [7, 11) is 0. The molecule has 1 aliphatic heterocycles. The highest BCUT2D eigenvalue weighted by Gasteiger charge is 2.29. The monoisotopic (exact) mass is 259 g/mol. The van der Waals surface area contributed by atoms with Crippen molar-refractivity contribution in [3.63, 3.8) is 0 Å². The Bertz CT molecular complexity index is 522. The maximum absolute atomic E-state index is 11.9. The van der Waals surface area contributed by atoms with Gasteiger partial charge in [-0.05, 0) is 25.0 Å². The van der Waals surface area contributed by atoms with Gasteiger partial charge in [0.15, 0.2) is 0 Å². The van der Waals surface area contributed by atoms with Gasteiger partial charge in [0.2, 0.25) is 5.91 Å². The second kappa shape index (κ2) is 5.69. The second-order valence-electron chi connectivity index (χ2n) is 4.86. The van der Waals surface area contributed by atoms with Crippen LogP contribution in [0.2, 0.25) is 0 Å². The second-order valence-corrected chi connectivity index (χ2v) is 4.86. The van der Waals surface area contributed by atoms with Gasteiger partial charge in [0.25, 0.3) is 0 Å². The van der Waals surface area contributed by atoms with Crippen molar-refractivity contribution in [2.75, 3.05) is 13.1 Å². The standard InChI is InChI=1S/C15H17NO3/c1-11-3-2-4-12(9-11)5-6-14(17)16-8-7-13(10-16)15(18)19/h2-6,9,13H,7-8,10H2,1H3,(H,18,19). The van der Waals surface area contributed by atoms with E-state index < -0.39 is 11.9 Å². The van der Waals surface area contributed by atoms with Crippen LogP contribution in [0.4, 0.5) is 0 Å². The lowest BCUT2D eigenvalue weighted by molar-refractivity contribution is -0.141. The van der Waals surface area contributed by atoms with Crippen molar-refractivity contribution in [3.8, 4) is 0 Å². The number of carbonyl (C=O) groups is 2. The molecule has 1 unspecified atom stereocenters. The Labute approximate surface area is 112 Å². The number of aryl methyl sites for hydroxylation is 1. The molecule has 19 heavy (non-hydrogen) atoms. The minimum absolute atomic E-state index is 0.120. The summed E-state index contributed by atoms with van der Waals surface area (Å²) in [6.07, 6.45) is 3.82. The fourth-order valence-electron chi connectivity index (χ4n) is 2.21. The van der Waals surface area contributed by atoms with Crippen LogP contribution < -0.4 is 0 Å². The van der Waals surface area contributed by atoms with Crippen LogP contribution in [0, 0.1) is 12.8 Å². The molecule has 100 valence electrons. The molecule has 0 bridgehead atoms. The van der Waals surface area contributed by atoms with Gasteiger partial charge in [-0.3, -0.25) is 9.59 Å². The maximum Gasteiger partial charge on any atom is 0.308 e. The van der Waals surface area contributed by atoms with E-state index in [1.54, 1.807) is 11.0 Å². The zero-order chi connectivity index (χ0) is 13.8. The molecule has 4 nitrogen and oxygen atoms in total. The Morgan fingerprint density at radius 1 is 1.42 bits per heavy atom. The average Bonchev–Trinajstić information content (AvgIpc) is 2.86. The molecule has 2 rings (SSSR count). The van der Waals surface area contributed by atoms with Gasteiger partial charge in [0, 0.05) is 19.2 Å². The minimum atomic E-state index is -0.821. The van der Waals surface area contributed by atoms with E-state index in [1.165, 1.54) is 6.08 Å². The van der Waals surface area contributed by atoms with Crippen LogP contribution in [-0.4, -0.2) is 35.0 Å². The highest BCUT2D eigenvalue weighted by Crippen LogP contribution is 2.17. The lowest BCUT2D eigenvalue weighted by Crippen LogP contribution is -2.28. The molecule has 0 saturated carbocycles. The van der Waals surface area contributed by atoms with Crippen LogP contribution in [0.15, 0.2) is 30.3 Å². The first-order valence-corrected chi connectivity index (χ1v) is 6.33. The number of carboxylic acid groups (broad SMARTS) is 1. The van der Waals surface area contributed by atoms with Gasteiger partial charge in [-0.1, -0.05) is 29.8 Å². The van der Waals surface area contributed by atoms with Crippen LogP contribution in [0.25, 0.3) is 6.08 Å².